The zero-order chi connectivity index (χ0) is 18.0. The van der Waals surface area contributed by atoms with Gasteiger partial charge in [0.2, 0.25) is 5.91 Å². The van der Waals surface area contributed by atoms with E-state index in [1.54, 1.807) is 0 Å². The Morgan fingerprint density at radius 3 is 2.76 bits per heavy atom. The second-order valence-electron chi connectivity index (χ2n) is 6.96. The van der Waals surface area contributed by atoms with Crippen LogP contribution in [-0.2, 0) is 17.8 Å². The molecule has 2 heterocycles. The summed E-state index contributed by atoms with van der Waals surface area (Å²) in [5.41, 5.74) is 3.62. The Hall–Kier alpha value is -2.56. The lowest BCUT2D eigenvalue weighted by atomic mass is 10.1. The van der Waals surface area contributed by atoms with Gasteiger partial charge in [0.1, 0.15) is 5.76 Å². The minimum absolute atomic E-state index is 0.0585. The molecule has 5 heteroatoms. The van der Waals surface area contributed by atoms with Gasteiger partial charge in [-0.25, -0.2) is 0 Å². The molecule has 0 spiro atoms. The number of fused-ring (bicyclic) bond motifs is 1. The minimum atomic E-state index is -0.0585. The summed E-state index contributed by atoms with van der Waals surface area (Å²) in [6.45, 7) is 9.13. The average molecular weight is 339 g/mol. The Kier molecular flexibility index (Phi) is 4.93. The topological polar surface area (TPSA) is 60.1 Å². The van der Waals surface area contributed by atoms with E-state index in [-0.39, 0.29) is 12.3 Å². The largest absolute Gasteiger partial charge is 0.361 e. The molecule has 0 aliphatic rings. The average Bonchev–Trinajstić information content (AvgIpc) is 3.12. The molecule has 0 atom stereocenters. The normalized spacial score (nSPS) is 11.4. The molecule has 0 radical (unpaired) electrons. The first-order valence-corrected chi connectivity index (χ1v) is 8.75. The molecule has 0 aliphatic carbocycles. The van der Waals surface area contributed by atoms with Crippen molar-refractivity contribution in [3.63, 3.8) is 0 Å². The van der Waals surface area contributed by atoms with Crippen molar-refractivity contribution in [1.82, 2.24) is 9.72 Å². The number of amides is 1. The van der Waals surface area contributed by atoms with E-state index in [9.17, 15) is 4.79 Å². The van der Waals surface area contributed by atoms with Crippen molar-refractivity contribution in [2.75, 3.05) is 5.32 Å². The fourth-order valence-electron chi connectivity index (χ4n) is 3.03. The first-order chi connectivity index (χ1) is 12.0. The maximum atomic E-state index is 12.5. The Bertz CT molecular complexity index is 870. The Labute approximate surface area is 148 Å². The monoisotopic (exact) mass is 339 g/mol. The van der Waals surface area contributed by atoms with Crippen molar-refractivity contribution >= 4 is 22.5 Å². The number of aryl methyl sites for hydroxylation is 3. The van der Waals surface area contributed by atoms with Crippen molar-refractivity contribution in [2.24, 2.45) is 5.92 Å². The van der Waals surface area contributed by atoms with Gasteiger partial charge in [0.15, 0.2) is 0 Å². The molecule has 0 saturated carbocycles. The molecule has 0 unspecified atom stereocenters. The van der Waals surface area contributed by atoms with Gasteiger partial charge in [-0.2, -0.15) is 0 Å². The van der Waals surface area contributed by atoms with Crippen LogP contribution in [0.15, 0.2) is 35.0 Å². The van der Waals surface area contributed by atoms with Crippen LogP contribution in [0.1, 0.15) is 37.3 Å². The zero-order valence-corrected chi connectivity index (χ0v) is 15.3. The van der Waals surface area contributed by atoms with Crippen LogP contribution in [0, 0.1) is 19.8 Å². The van der Waals surface area contributed by atoms with E-state index in [4.69, 9.17) is 4.52 Å². The molecule has 0 fully saturated rings. The quantitative estimate of drug-likeness (QED) is 0.720. The molecule has 0 saturated heterocycles. The van der Waals surface area contributed by atoms with Crippen molar-refractivity contribution in [3.05, 3.63) is 47.5 Å². The number of aromatic nitrogens is 2. The number of nitrogens with one attached hydrogen (secondary N) is 1. The standard InChI is InChI=1S/C20H25N3O2/c1-13(2)8-10-23-11-9-16-18(6-5-7-19(16)23)21-20(24)12-17-14(3)22-25-15(17)4/h5-7,9,11,13H,8,10,12H2,1-4H3,(H,21,24). The Morgan fingerprint density at radius 1 is 1.28 bits per heavy atom. The van der Waals surface area contributed by atoms with Crippen LogP contribution in [0.2, 0.25) is 0 Å². The molecule has 2 aromatic heterocycles. The van der Waals surface area contributed by atoms with Gasteiger partial charge >= 0.3 is 0 Å². The number of hydrogen-bond donors (Lipinski definition) is 1. The van der Waals surface area contributed by atoms with Crippen LogP contribution in [-0.4, -0.2) is 15.6 Å². The van der Waals surface area contributed by atoms with Gasteiger partial charge in [-0.3, -0.25) is 4.79 Å². The second kappa shape index (κ2) is 7.13. The molecule has 1 aromatic carbocycles. The van der Waals surface area contributed by atoms with Crippen LogP contribution >= 0.6 is 0 Å². The molecule has 0 bridgehead atoms. The smallest absolute Gasteiger partial charge is 0.229 e. The summed E-state index contributed by atoms with van der Waals surface area (Å²) in [7, 11) is 0. The SMILES string of the molecule is Cc1noc(C)c1CC(=O)Nc1cccc2c1ccn2CCC(C)C. The summed E-state index contributed by atoms with van der Waals surface area (Å²) in [6.07, 6.45) is 3.50. The van der Waals surface area contributed by atoms with Crippen LogP contribution in [0.25, 0.3) is 10.9 Å². The summed E-state index contributed by atoms with van der Waals surface area (Å²) >= 11 is 0. The van der Waals surface area contributed by atoms with Crippen molar-refractivity contribution in [1.29, 1.82) is 0 Å². The van der Waals surface area contributed by atoms with E-state index < -0.39 is 0 Å². The lowest BCUT2D eigenvalue weighted by molar-refractivity contribution is -0.115. The number of anilines is 1. The fourth-order valence-corrected chi connectivity index (χ4v) is 3.03. The highest BCUT2D eigenvalue weighted by Crippen LogP contribution is 2.25. The second-order valence-corrected chi connectivity index (χ2v) is 6.96. The van der Waals surface area contributed by atoms with E-state index in [2.05, 4.69) is 47.2 Å². The predicted molar refractivity (Wildman–Crippen MR) is 99.7 cm³/mol. The lowest BCUT2D eigenvalue weighted by Crippen LogP contribution is -2.15. The van der Waals surface area contributed by atoms with E-state index in [1.165, 1.54) is 0 Å². The number of carbonyl (C=O) groups is 1. The van der Waals surface area contributed by atoms with Crippen molar-refractivity contribution < 1.29 is 9.32 Å². The first-order valence-electron chi connectivity index (χ1n) is 8.75. The number of rotatable bonds is 6. The third kappa shape index (κ3) is 3.76. The summed E-state index contributed by atoms with van der Waals surface area (Å²) < 4.78 is 7.38. The Morgan fingerprint density at radius 2 is 2.08 bits per heavy atom. The molecule has 0 aliphatic heterocycles. The van der Waals surface area contributed by atoms with Crippen LogP contribution in [0.3, 0.4) is 0 Å². The highest BCUT2D eigenvalue weighted by Gasteiger charge is 2.15. The third-order valence-corrected chi connectivity index (χ3v) is 4.55. The Balaban J connectivity index is 1.78. The van der Waals surface area contributed by atoms with E-state index in [1.807, 2.05) is 26.0 Å². The predicted octanol–water partition coefficient (Wildman–Crippen LogP) is 4.47. The number of hydrogen-bond acceptors (Lipinski definition) is 3. The molecule has 25 heavy (non-hydrogen) atoms. The minimum Gasteiger partial charge on any atom is -0.361 e. The molecule has 5 nitrogen and oxygen atoms in total. The maximum absolute atomic E-state index is 12.5. The van der Waals surface area contributed by atoms with Crippen LogP contribution < -0.4 is 5.32 Å². The molecule has 1 amide bonds. The molecule has 3 rings (SSSR count). The summed E-state index contributed by atoms with van der Waals surface area (Å²) in [6, 6.07) is 8.10. The van der Waals surface area contributed by atoms with Gasteiger partial charge in [0.25, 0.3) is 0 Å². The fraction of sp³-hybridized carbons (Fsp3) is 0.400. The molecule has 3 aromatic rings. The van der Waals surface area contributed by atoms with E-state index in [0.29, 0.717) is 11.7 Å². The summed E-state index contributed by atoms with van der Waals surface area (Å²) in [5, 5.41) is 8.01. The molecular formula is C20H25N3O2. The summed E-state index contributed by atoms with van der Waals surface area (Å²) in [5.74, 6) is 1.30. The summed E-state index contributed by atoms with van der Waals surface area (Å²) in [4.78, 5) is 12.5. The van der Waals surface area contributed by atoms with Gasteiger partial charge in [-0.1, -0.05) is 25.1 Å². The lowest BCUT2D eigenvalue weighted by Gasteiger charge is -2.10. The van der Waals surface area contributed by atoms with Gasteiger partial charge in [-0.15, -0.1) is 0 Å². The van der Waals surface area contributed by atoms with Crippen molar-refractivity contribution in [3.8, 4) is 0 Å². The highest BCUT2D eigenvalue weighted by atomic mass is 16.5. The number of carbonyl (C=O) groups excluding carboxylic acids is 1. The molecule has 132 valence electrons. The van der Waals surface area contributed by atoms with Gasteiger partial charge in [0.05, 0.1) is 23.3 Å². The zero-order valence-electron chi connectivity index (χ0n) is 15.3. The van der Waals surface area contributed by atoms with E-state index >= 15 is 0 Å². The van der Waals surface area contributed by atoms with Gasteiger partial charge < -0.3 is 14.4 Å². The van der Waals surface area contributed by atoms with Crippen LogP contribution in [0.4, 0.5) is 5.69 Å². The highest BCUT2D eigenvalue weighted by molar-refractivity contribution is 6.02. The van der Waals surface area contributed by atoms with E-state index in [0.717, 1.165) is 40.8 Å². The van der Waals surface area contributed by atoms with Gasteiger partial charge in [0, 0.05) is 23.7 Å². The molecular weight excluding hydrogens is 314 g/mol. The third-order valence-electron chi connectivity index (χ3n) is 4.55. The first kappa shape index (κ1) is 17.3. The number of benzene rings is 1. The number of nitrogens with zero attached hydrogens (tertiary/aromatic N) is 2. The maximum Gasteiger partial charge on any atom is 0.229 e. The van der Waals surface area contributed by atoms with Crippen LogP contribution in [0.5, 0.6) is 0 Å². The molecule has 1 N–H and O–H groups in total. The van der Waals surface area contributed by atoms with Crippen molar-refractivity contribution in [2.45, 2.75) is 47.1 Å². The van der Waals surface area contributed by atoms with Gasteiger partial charge in [-0.05, 0) is 44.4 Å².